The molecular weight excluding hydrogens is 398 g/mol. The fraction of sp³-hybridized carbons (Fsp3) is 0.565. The van der Waals surface area contributed by atoms with Gasteiger partial charge in [-0.3, -0.25) is 19.3 Å². The largest absolute Gasteiger partial charge is 0.452 e. The second kappa shape index (κ2) is 7.35. The highest BCUT2D eigenvalue weighted by atomic mass is 16.5. The van der Waals surface area contributed by atoms with Crippen molar-refractivity contribution in [2.45, 2.75) is 69.6 Å². The summed E-state index contributed by atoms with van der Waals surface area (Å²) in [4.78, 5) is 57.3. The van der Waals surface area contributed by atoms with Crippen LogP contribution in [0.5, 0.6) is 0 Å². The van der Waals surface area contributed by atoms with Gasteiger partial charge in [-0.25, -0.2) is 4.79 Å². The van der Waals surface area contributed by atoms with Gasteiger partial charge in [0.15, 0.2) is 6.61 Å². The quantitative estimate of drug-likeness (QED) is 0.690. The van der Waals surface area contributed by atoms with Gasteiger partial charge in [0.25, 0.3) is 11.8 Å². The van der Waals surface area contributed by atoms with Crippen LogP contribution >= 0.6 is 0 Å². The van der Waals surface area contributed by atoms with Crippen LogP contribution in [0.25, 0.3) is 0 Å². The van der Waals surface area contributed by atoms with Crippen LogP contribution in [0.15, 0.2) is 24.3 Å². The monoisotopic (exact) mass is 425 g/mol. The Balaban J connectivity index is 1.45. The minimum absolute atomic E-state index is 0.0976. The summed E-state index contributed by atoms with van der Waals surface area (Å²) in [6.45, 7) is 2.29. The lowest BCUT2D eigenvalue weighted by Crippen LogP contribution is -2.69. The van der Waals surface area contributed by atoms with Gasteiger partial charge in [0, 0.05) is 31.5 Å². The molecule has 2 saturated heterocycles. The first-order valence-corrected chi connectivity index (χ1v) is 11.2. The van der Waals surface area contributed by atoms with Crippen molar-refractivity contribution in [2.24, 2.45) is 0 Å². The fourth-order valence-electron chi connectivity index (χ4n) is 5.31. The Morgan fingerprint density at radius 3 is 2.65 bits per heavy atom. The lowest BCUT2D eigenvalue weighted by molar-refractivity contribution is -0.163. The van der Waals surface area contributed by atoms with Crippen LogP contribution in [-0.4, -0.2) is 64.4 Å². The minimum Gasteiger partial charge on any atom is -0.452 e. The average Bonchev–Trinajstić information content (AvgIpc) is 3.54. The molecule has 8 nitrogen and oxygen atoms in total. The number of hydrogen-bond donors (Lipinski definition) is 0. The maximum absolute atomic E-state index is 13.5. The Bertz CT molecular complexity index is 958. The van der Waals surface area contributed by atoms with Crippen LogP contribution in [0.3, 0.4) is 0 Å². The van der Waals surface area contributed by atoms with Gasteiger partial charge in [0.1, 0.15) is 0 Å². The number of nitrogens with zero attached hydrogens (tertiary/aromatic N) is 3. The van der Waals surface area contributed by atoms with Crippen LogP contribution in [0.4, 0.5) is 5.69 Å². The number of likely N-dealkylation sites (tertiary alicyclic amines) is 1. The normalized spacial score (nSPS) is 27.8. The first kappa shape index (κ1) is 20.0. The highest BCUT2D eigenvalue weighted by Crippen LogP contribution is 2.49. The number of fused-ring (bicyclic) bond motifs is 3. The summed E-state index contributed by atoms with van der Waals surface area (Å²) in [5.41, 5.74) is -0.636. The molecule has 1 aliphatic carbocycles. The number of benzene rings is 1. The maximum atomic E-state index is 13.5. The molecule has 0 unspecified atom stereocenters. The molecule has 8 heteroatoms. The molecule has 3 fully saturated rings. The summed E-state index contributed by atoms with van der Waals surface area (Å²) in [6.07, 6.45) is 4.86. The topological polar surface area (TPSA) is 87.2 Å². The molecule has 5 rings (SSSR count). The Morgan fingerprint density at radius 2 is 1.90 bits per heavy atom. The van der Waals surface area contributed by atoms with E-state index in [0.29, 0.717) is 17.8 Å². The van der Waals surface area contributed by atoms with E-state index in [1.807, 2.05) is 6.92 Å². The van der Waals surface area contributed by atoms with Crippen molar-refractivity contribution in [1.29, 1.82) is 0 Å². The maximum Gasteiger partial charge on any atom is 0.354 e. The molecule has 164 valence electrons. The Morgan fingerprint density at radius 1 is 1.13 bits per heavy atom. The van der Waals surface area contributed by atoms with Gasteiger partial charge in [-0.1, -0.05) is 12.1 Å². The minimum atomic E-state index is -1.50. The van der Waals surface area contributed by atoms with E-state index in [9.17, 15) is 19.2 Å². The molecule has 3 amide bonds. The molecule has 0 spiro atoms. The first-order valence-electron chi connectivity index (χ1n) is 11.2. The third-order valence-electron chi connectivity index (χ3n) is 6.99. The van der Waals surface area contributed by atoms with E-state index in [1.165, 1.54) is 4.90 Å². The van der Waals surface area contributed by atoms with Crippen LogP contribution in [0.2, 0.25) is 0 Å². The lowest BCUT2D eigenvalue weighted by Gasteiger charge is -2.48. The molecule has 3 heterocycles. The van der Waals surface area contributed by atoms with Crippen LogP contribution in [-0.2, 0) is 19.1 Å². The van der Waals surface area contributed by atoms with Crippen molar-refractivity contribution < 1.29 is 23.9 Å². The summed E-state index contributed by atoms with van der Waals surface area (Å²) < 4.78 is 5.55. The molecule has 0 radical (unpaired) electrons. The molecule has 4 aliphatic rings. The molecule has 3 aliphatic heterocycles. The predicted octanol–water partition coefficient (Wildman–Crippen LogP) is 2.07. The number of amides is 3. The average molecular weight is 425 g/mol. The van der Waals surface area contributed by atoms with Gasteiger partial charge in [0.05, 0.1) is 11.3 Å². The van der Waals surface area contributed by atoms with Gasteiger partial charge >= 0.3 is 5.97 Å². The Kier molecular flexibility index (Phi) is 4.75. The fourth-order valence-corrected chi connectivity index (χ4v) is 5.31. The van der Waals surface area contributed by atoms with Crippen LogP contribution in [0.1, 0.15) is 62.2 Å². The molecule has 0 bridgehead atoms. The van der Waals surface area contributed by atoms with Crippen LogP contribution in [0, 0.1) is 0 Å². The van der Waals surface area contributed by atoms with E-state index in [1.54, 1.807) is 34.1 Å². The van der Waals surface area contributed by atoms with Crippen molar-refractivity contribution in [2.75, 3.05) is 18.1 Å². The van der Waals surface area contributed by atoms with Crippen molar-refractivity contribution in [3.63, 3.8) is 0 Å². The van der Waals surface area contributed by atoms with Gasteiger partial charge in [-0.15, -0.1) is 0 Å². The SMILES string of the molecule is C[C@@H]1CCCCN1C(=O)COC(=O)[C@]12CCC(=O)N1c1ccccc1C(=O)N2C1CC1. The molecule has 31 heavy (non-hydrogen) atoms. The van der Waals surface area contributed by atoms with Gasteiger partial charge in [-0.2, -0.15) is 0 Å². The number of hydrogen-bond acceptors (Lipinski definition) is 5. The van der Waals surface area contributed by atoms with E-state index >= 15 is 0 Å². The molecule has 0 aromatic heterocycles. The summed E-state index contributed by atoms with van der Waals surface area (Å²) >= 11 is 0. The second-order valence-corrected chi connectivity index (χ2v) is 8.98. The summed E-state index contributed by atoms with van der Waals surface area (Å²) in [7, 11) is 0. The van der Waals surface area contributed by atoms with Crippen molar-refractivity contribution in [3.8, 4) is 0 Å². The molecule has 2 atom stereocenters. The third-order valence-corrected chi connectivity index (χ3v) is 6.99. The smallest absolute Gasteiger partial charge is 0.354 e. The number of ether oxygens (including phenoxy) is 1. The number of carbonyl (C=O) groups is 4. The number of para-hydroxylation sites is 1. The van der Waals surface area contributed by atoms with Crippen molar-refractivity contribution in [3.05, 3.63) is 29.8 Å². The molecular formula is C23H27N3O5. The molecule has 1 saturated carbocycles. The molecule has 1 aromatic carbocycles. The van der Waals surface area contributed by atoms with E-state index < -0.39 is 11.6 Å². The molecule has 1 aromatic rings. The summed E-state index contributed by atoms with van der Waals surface area (Å²) in [6, 6.07) is 6.92. The second-order valence-electron chi connectivity index (χ2n) is 8.98. The number of esters is 1. The van der Waals surface area contributed by atoms with E-state index in [4.69, 9.17) is 4.74 Å². The summed E-state index contributed by atoms with van der Waals surface area (Å²) in [5.74, 6) is -1.38. The zero-order valence-electron chi connectivity index (χ0n) is 17.7. The van der Waals surface area contributed by atoms with Crippen molar-refractivity contribution in [1.82, 2.24) is 9.80 Å². The first-order chi connectivity index (χ1) is 14.9. The standard InChI is InChI=1S/C23H27N3O5/c1-15-6-4-5-13-24(15)20(28)14-31-22(30)23-12-11-19(27)26(23)18-8-3-2-7-17(18)21(29)25(23)16-9-10-16/h2-3,7-8,15-16H,4-6,9-14H2,1H3/t15-,23+/m1/s1. The third kappa shape index (κ3) is 3.03. The molecule has 0 N–H and O–H groups in total. The number of carbonyl (C=O) groups excluding carboxylic acids is 4. The number of anilines is 1. The Labute approximate surface area is 181 Å². The number of rotatable bonds is 4. The Hall–Kier alpha value is -2.90. The van der Waals surface area contributed by atoms with Gasteiger partial charge < -0.3 is 14.5 Å². The zero-order valence-corrected chi connectivity index (χ0v) is 17.7. The highest BCUT2D eigenvalue weighted by molar-refractivity contribution is 6.15. The van der Waals surface area contributed by atoms with E-state index in [2.05, 4.69) is 0 Å². The summed E-state index contributed by atoms with van der Waals surface area (Å²) in [5, 5.41) is 0. The number of piperidine rings is 1. The van der Waals surface area contributed by atoms with Gasteiger partial charge in [-0.05, 0) is 51.2 Å². The van der Waals surface area contributed by atoms with Gasteiger partial charge in [0.2, 0.25) is 11.6 Å². The zero-order chi connectivity index (χ0) is 21.8. The lowest BCUT2D eigenvalue weighted by atomic mass is 9.96. The van der Waals surface area contributed by atoms with E-state index in [-0.39, 0.29) is 49.3 Å². The van der Waals surface area contributed by atoms with Crippen LogP contribution < -0.4 is 4.90 Å². The van der Waals surface area contributed by atoms with E-state index in [0.717, 1.165) is 32.1 Å². The van der Waals surface area contributed by atoms with Crippen molar-refractivity contribution >= 4 is 29.4 Å². The predicted molar refractivity (Wildman–Crippen MR) is 111 cm³/mol. The highest BCUT2D eigenvalue weighted by Gasteiger charge is 2.64.